The number of hydrogen-bond acceptors (Lipinski definition) is 5. The molecule has 1 aromatic carbocycles. The lowest BCUT2D eigenvalue weighted by Gasteiger charge is -2.25. The van der Waals surface area contributed by atoms with Gasteiger partial charge in [0.2, 0.25) is 0 Å². The van der Waals surface area contributed by atoms with Crippen LogP contribution in [0.25, 0.3) is 21.9 Å². The van der Waals surface area contributed by atoms with Crippen molar-refractivity contribution in [2.24, 2.45) is 0 Å². The number of rotatable bonds is 2. The van der Waals surface area contributed by atoms with E-state index < -0.39 is 0 Å². The van der Waals surface area contributed by atoms with Crippen LogP contribution in [-0.4, -0.2) is 51.2 Å². The second-order valence-corrected chi connectivity index (χ2v) is 4.95. The van der Waals surface area contributed by atoms with Gasteiger partial charge in [0.05, 0.1) is 18.7 Å². The van der Waals surface area contributed by atoms with Gasteiger partial charge in [-0.05, 0) is 12.1 Å². The second-order valence-electron chi connectivity index (χ2n) is 4.95. The average Bonchev–Trinajstić information content (AvgIpc) is 2.91. The Morgan fingerprint density at radius 2 is 1.95 bits per heavy atom. The lowest BCUT2D eigenvalue weighted by Crippen LogP contribution is -2.38. The molecule has 6 nitrogen and oxygen atoms in total. The molecule has 2 aromatic heterocycles. The Hall–Kier alpha value is -2.05. The number of aromatic nitrogens is 4. The molecule has 0 saturated carbocycles. The first-order valence-corrected chi connectivity index (χ1v) is 6.79. The quantitative estimate of drug-likeness (QED) is 0.701. The lowest BCUT2D eigenvalue weighted by atomic mass is 10.2. The van der Waals surface area contributed by atoms with Crippen LogP contribution in [0.5, 0.6) is 0 Å². The van der Waals surface area contributed by atoms with Crippen LogP contribution >= 0.6 is 0 Å². The fourth-order valence-electron chi connectivity index (χ4n) is 2.55. The van der Waals surface area contributed by atoms with Gasteiger partial charge in [0, 0.05) is 24.7 Å². The molecule has 1 aliphatic heterocycles. The standard InChI is InChI=1S/C14H15N5O/c1-2-11-3-4-12-14(13(11)15-5-1)17-19(16-12)10-18-6-8-20-9-7-18/h1-5H,6-10H2. The molecule has 3 aromatic rings. The Morgan fingerprint density at radius 1 is 1.05 bits per heavy atom. The summed E-state index contributed by atoms with van der Waals surface area (Å²) in [6.07, 6.45) is 1.79. The first kappa shape index (κ1) is 11.7. The van der Waals surface area contributed by atoms with E-state index in [4.69, 9.17) is 4.74 Å². The van der Waals surface area contributed by atoms with Crippen LogP contribution in [0.1, 0.15) is 0 Å². The summed E-state index contributed by atoms with van der Waals surface area (Å²) in [5, 5.41) is 10.2. The highest BCUT2D eigenvalue weighted by Gasteiger charge is 2.13. The largest absolute Gasteiger partial charge is 0.379 e. The number of morpholine rings is 1. The number of pyridine rings is 1. The minimum atomic E-state index is 0.701. The maximum absolute atomic E-state index is 5.35. The Morgan fingerprint density at radius 3 is 2.85 bits per heavy atom. The summed E-state index contributed by atoms with van der Waals surface area (Å²) < 4.78 is 5.35. The minimum absolute atomic E-state index is 0.701. The van der Waals surface area contributed by atoms with Crippen molar-refractivity contribution in [1.29, 1.82) is 0 Å². The Kier molecular flexibility index (Phi) is 2.82. The molecule has 0 amide bonds. The van der Waals surface area contributed by atoms with Crippen molar-refractivity contribution in [2.45, 2.75) is 6.67 Å². The van der Waals surface area contributed by atoms with Crippen molar-refractivity contribution >= 4 is 21.9 Å². The molecule has 0 N–H and O–H groups in total. The Labute approximate surface area is 116 Å². The summed E-state index contributed by atoms with van der Waals surface area (Å²) in [6, 6.07) is 8.02. The summed E-state index contributed by atoms with van der Waals surface area (Å²) in [6.45, 7) is 4.12. The molecule has 0 spiro atoms. The SMILES string of the molecule is c1cnc2c(c1)ccc1nn(CN3CCOCC3)nc12. The van der Waals surface area contributed by atoms with E-state index in [0.717, 1.165) is 48.2 Å². The lowest BCUT2D eigenvalue weighted by molar-refractivity contribution is 0.0189. The van der Waals surface area contributed by atoms with Crippen LogP contribution in [0.2, 0.25) is 0 Å². The van der Waals surface area contributed by atoms with Gasteiger partial charge in [0.1, 0.15) is 17.7 Å². The smallest absolute Gasteiger partial charge is 0.139 e. The molecule has 3 heterocycles. The van der Waals surface area contributed by atoms with Gasteiger partial charge in [0.15, 0.2) is 0 Å². The summed E-state index contributed by atoms with van der Waals surface area (Å²) >= 11 is 0. The molecule has 0 aliphatic carbocycles. The number of hydrogen-bond donors (Lipinski definition) is 0. The first-order valence-electron chi connectivity index (χ1n) is 6.79. The number of ether oxygens (including phenoxy) is 1. The second kappa shape index (κ2) is 4.81. The maximum atomic E-state index is 5.35. The van der Waals surface area contributed by atoms with Crippen molar-refractivity contribution in [3.05, 3.63) is 30.5 Å². The van der Waals surface area contributed by atoms with Gasteiger partial charge in [-0.15, -0.1) is 5.10 Å². The van der Waals surface area contributed by atoms with Crippen molar-refractivity contribution in [3.63, 3.8) is 0 Å². The van der Waals surface area contributed by atoms with E-state index in [0.29, 0.717) is 6.67 Å². The van der Waals surface area contributed by atoms with Crippen molar-refractivity contribution in [3.8, 4) is 0 Å². The van der Waals surface area contributed by atoms with Gasteiger partial charge in [-0.3, -0.25) is 9.88 Å². The molecule has 0 radical (unpaired) electrons. The molecular weight excluding hydrogens is 254 g/mol. The maximum Gasteiger partial charge on any atom is 0.139 e. The van der Waals surface area contributed by atoms with Gasteiger partial charge in [-0.2, -0.15) is 9.90 Å². The molecule has 0 bridgehead atoms. The monoisotopic (exact) mass is 269 g/mol. The van der Waals surface area contributed by atoms with Gasteiger partial charge >= 0.3 is 0 Å². The molecule has 4 rings (SSSR count). The summed E-state index contributed by atoms with van der Waals surface area (Å²) in [5.41, 5.74) is 2.68. The fourth-order valence-corrected chi connectivity index (χ4v) is 2.55. The van der Waals surface area contributed by atoms with Crippen LogP contribution in [0.3, 0.4) is 0 Å². The molecule has 102 valence electrons. The van der Waals surface area contributed by atoms with E-state index in [9.17, 15) is 0 Å². The third kappa shape index (κ3) is 2.03. The van der Waals surface area contributed by atoms with Crippen LogP contribution in [0.15, 0.2) is 30.5 Å². The predicted octanol–water partition coefficient (Wildman–Crippen LogP) is 1.27. The van der Waals surface area contributed by atoms with Gasteiger partial charge in [0.25, 0.3) is 0 Å². The Bertz CT molecular complexity index is 747. The molecule has 20 heavy (non-hydrogen) atoms. The third-order valence-corrected chi connectivity index (χ3v) is 3.60. The van der Waals surface area contributed by atoms with Gasteiger partial charge < -0.3 is 4.74 Å². The van der Waals surface area contributed by atoms with E-state index in [2.05, 4.69) is 20.1 Å². The normalized spacial score (nSPS) is 17.0. The van der Waals surface area contributed by atoms with E-state index >= 15 is 0 Å². The average molecular weight is 269 g/mol. The van der Waals surface area contributed by atoms with Crippen LogP contribution in [0, 0.1) is 0 Å². The molecule has 0 atom stereocenters. The highest BCUT2D eigenvalue weighted by Crippen LogP contribution is 2.20. The molecule has 1 fully saturated rings. The van der Waals surface area contributed by atoms with Crippen molar-refractivity contribution in [1.82, 2.24) is 24.9 Å². The highest BCUT2D eigenvalue weighted by atomic mass is 16.5. The molecule has 1 aliphatic rings. The molecule has 0 unspecified atom stereocenters. The molecule has 1 saturated heterocycles. The zero-order valence-electron chi connectivity index (χ0n) is 11.1. The van der Waals surface area contributed by atoms with Gasteiger partial charge in [-0.1, -0.05) is 12.1 Å². The van der Waals surface area contributed by atoms with Crippen LogP contribution < -0.4 is 0 Å². The number of fused-ring (bicyclic) bond motifs is 3. The zero-order valence-corrected chi connectivity index (χ0v) is 11.1. The first-order chi connectivity index (χ1) is 9.90. The minimum Gasteiger partial charge on any atom is -0.379 e. The van der Waals surface area contributed by atoms with Gasteiger partial charge in [-0.25, -0.2) is 0 Å². The summed E-state index contributed by atoms with van der Waals surface area (Å²) in [7, 11) is 0. The molecular formula is C14H15N5O. The molecule has 6 heteroatoms. The predicted molar refractivity (Wildman–Crippen MR) is 75.2 cm³/mol. The van der Waals surface area contributed by atoms with Crippen LogP contribution in [-0.2, 0) is 11.4 Å². The topological polar surface area (TPSA) is 56.1 Å². The zero-order chi connectivity index (χ0) is 13.4. The van der Waals surface area contributed by atoms with E-state index in [1.807, 2.05) is 24.3 Å². The number of nitrogens with zero attached hydrogens (tertiary/aromatic N) is 5. The fraction of sp³-hybridized carbons (Fsp3) is 0.357. The third-order valence-electron chi connectivity index (χ3n) is 3.60. The van der Waals surface area contributed by atoms with Crippen LogP contribution in [0.4, 0.5) is 0 Å². The summed E-state index contributed by atoms with van der Waals surface area (Å²) in [5.74, 6) is 0. The van der Waals surface area contributed by atoms with Crippen molar-refractivity contribution < 1.29 is 4.74 Å². The highest BCUT2D eigenvalue weighted by molar-refractivity contribution is 6.00. The summed E-state index contributed by atoms with van der Waals surface area (Å²) in [4.78, 5) is 8.46. The van der Waals surface area contributed by atoms with E-state index in [-0.39, 0.29) is 0 Å². The van der Waals surface area contributed by atoms with Crippen molar-refractivity contribution in [2.75, 3.05) is 26.3 Å². The van der Waals surface area contributed by atoms with E-state index in [1.54, 1.807) is 11.0 Å². The Balaban J connectivity index is 1.72. The number of benzene rings is 1. The van der Waals surface area contributed by atoms with E-state index in [1.165, 1.54) is 0 Å².